The lowest BCUT2D eigenvalue weighted by Crippen LogP contribution is -2.61. The van der Waals surface area contributed by atoms with Crippen LogP contribution in [0.3, 0.4) is 0 Å². The Hall–Kier alpha value is -2.51. The maximum absolute atomic E-state index is 11.7. The lowest BCUT2D eigenvalue weighted by Gasteiger charge is -2.43. The maximum atomic E-state index is 11.7. The van der Waals surface area contributed by atoms with Crippen LogP contribution in [0.5, 0.6) is 5.75 Å². The number of aliphatic hydroxyl groups excluding tert-OH is 5. The molecule has 0 bridgehead atoms. The summed E-state index contributed by atoms with van der Waals surface area (Å²) >= 11 is 0. The minimum atomic E-state index is -1.62. The summed E-state index contributed by atoms with van der Waals surface area (Å²) in [6.07, 6.45) is -7.18. The van der Waals surface area contributed by atoms with Crippen molar-refractivity contribution in [3.63, 3.8) is 0 Å². The number of furan rings is 1. The Morgan fingerprint density at radius 2 is 1.79 bits per heavy atom. The van der Waals surface area contributed by atoms with Gasteiger partial charge in [-0.25, -0.2) is 4.79 Å². The average Bonchev–Trinajstić information content (AvgIpc) is 3.25. The van der Waals surface area contributed by atoms with Crippen molar-refractivity contribution in [3.05, 3.63) is 40.9 Å². The van der Waals surface area contributed by atoms with Gasteiger partial charge in [0.1, 0.15) is 37.1 Å². The third kappa shape index (κ3) is 4.49. The minimum Gasteiger partial charge on any atom is -0.483 e. The van der Waals surface area contributed by atoms with Crippen LogP contribution < -0.4 is 10.4 Å². The summed E-state index contributed by atoms with van der Waals surface area (Å²) in [6, 6.07) is 6.36. The molecule has 5 N–H and O–H groups in total. The van der Waals surface area contributed by atoms with Crippen LogP contribution in [0.25, 0.3) is 21.9 Å². The van der Waals surface area contributed by atoms with Gasteiger partial charge in [0.25, 0.3) is 0 Å². The first kappa shape index (κ1) is 23.6. The fraction of sp³-hybridized carbons (Fsp3) is 0.500. The van der Waals surface area contributed by atoms with Crippen LogP contribution in [0.2, 0.25) is 0 Å². The smallest absolute Gasteiger partial charge is 0.336 e. The third-order valence-electron chi connectivity index (χ3n) is 5.74. The van der Waals surface area contributed by atoms with E-state index < -0.39 is 54.6 Å². The molecule has 3 aromatic rings. The van der Waals surface area contributed by atoms with E-state index in [1.165, 1.54) is 26.2 Å². The molecule has 0 radical (unpaired) electrons. The highest BCUT2D eigenvalue weighted by atomic mass is 16.7. The van der Waals surface area contributed by atoms with Crippen molar-refractivity contribution in [2.75, 3.05) is 13.2 Å². The molecule has 1 saturated heterocycles. The van der Waals surface area contributed by atoms with Crippen LogP contribution in [0.4, 0.5) is 0 Å². The van der Waals surface area contributed by atoms with E-state index >= 15 is 0 Å². The first-order chi connectivity index (χ1) is 15.6. The van der Waals surface area contributed by atoms with E-state index in [4.69, 9.17) is 23.0 Å². The molecule has 0 unspecified atom stereocenters. The molecule has 1 aliphatic rings. The van der Waals surface area contributed by atoms with Crippen molar-refractivity contribution in [1.29, 1.82) is 0 Å². The molecule has 0 aliphatic carbocycles. The summed E-state index contributed by atoms with van der Waals surface area (Å²) in [5, 5.41) is 51.5. The quantitative estimate of drug-likeness (QED) is 0.294. The van der Waals surface area contributed by atoms with Crippen molar-refractivity contribution >= 4 is 21.9 Å². The highest BCUT2D eigenvalue weighted by Gasteiger charge is 2.47. The molecule has 1 aliphatic heterocycles. The fourth-order valence-electron chi connectivity index (χ4n) is 3.64. The second-order valence-electron chi connectivity index (χ2n) is 8.46. The summed E-state index contributed by atoms with van der Waals surface area (Å²) in [5.41, 5.74) is -1.46. The molecule has 33 heavy (non-hydrogen) atoms. The fourth-order valence-corrected chi connectivity index (χ4v) is 3.64. The van der Waals surface area contributed by atoms with Gasteiger partial charge in [-0.2, -0.15) is 0 Å². The average molecular weight is 466 g/mol. The van der Waals surface area contributed by atoms with E-state index in [2.05, 4.69) is 0 Å². The lowest BCUT2D eigenvalue weighted by molar-refractivity contribution is -0.332. The molecule has 1 aromatic carbocycles. The van der Waals surface area contributed by atoms with E-state index in [1.807, 2.05) is 0 Å². The van der Waals surface area contributed by atoms with Gasteiger partial charge in [-0.05, 0) is 32.0 Å². The van der Waals surface area contributed by atoms with Crippen LogP contribution in [0.1, 0.15) is 13.8 Å². The van der Waals surface area contributed by atoms with Crippen molar-refractivity contribution in [3.8, 4) is 5.75 Å². The Bertz CT molecular complexity index is 1160. The van der Waals surface area contributed by atoms with E-state index in [0.29, 0.717) is 16.4 Å². The highest BCUT2D eigenvalue weighted by Crippen LogP contribution is 2.35. The normalized spacial score (nSPS) is 27.2. The Morgan fingerprint density at radius 1 is 1.06 bits per heavy atom. The summed E-state index contributed by atoms with van der Waals surface area (Å²) in [6.45, 7) is 2.09. The predicted octanol–water partition coefficient (Wildman–Crippen LogP) is -0.126. The van der Waals surface area contributed by atoms with Gasteiger partial charge in [0.15, 0.2) is 17.5 Å². The number of hydrogen-bond donors (Lipinski definition) is 5. The largest absolute Gasteiger partial charge is 0.483 e. The van der Waals surface area contributed by atoms with Gasteiger partial charge >= 0.3 is 5.63 Å². The molecular formula is C22H26O11. The van der Waals surface area contributed by atoms with E-state index in [0.717, 1.165) is 0 Å². The monoisotopic (exact) mass is 466 g/mol. The van der Waals surface area contributed by atoms with E-state index in [1.54, 1.807) is 18.2 Å². The number of fused-ring (bicyclic) bond motifs is 2. The Balaban J connectivity index is 1.53. The molecule has 0 spiro atoms. The topological polar surface area (TPSA) is 172 Å². The second-order valence-corrected chi connectivity index (χ2v) is 8.46. The molecule has 180 valence electrons. The van der Waals surface area contributed by atoms with Crippen LogP contribution in [0, 0.1) is 0 Å². The highest BCUT2D eigenvalue weighted by molar-refractivity contribution is 5.99. The molecule has 11 heteroatoms. The Labute approximate surface area is 187 Å². The molecule has 0 amide bonds. The minimum absolute atomic E-state index is 0.132. The molecule has 3 heterocycles. The Kier molecular flexibility index (Phi) is 6.47. The van der Waals surface area contributed by atoms with E-state index in [-0.39, 0.29) is 17.9 Å². The number of rotatable bonds is 7. The first-order valence-electron chi connectivity index (χ1n) is 10.4. The third-order valence-corrected chi connectivity index (χ3v) is 5.74. The van der Waals surface area contributed by atoms with Crippen molar-refractivity contribution in [2.45, 2.75) is 56.3 Å². The van der Waals surface area contributed by atoms with Gasteiger partial charge in [-0.3, -0.25) is 0 Å². The van der Waals surface area contributed by atoms with Crippen molar-refractivity contribution in [1.82, 2.24) is 0 Å². The molecule has 4 rings (SSSR count). The number of benzene rings is 1. The second kappa shape index (κ2) is 9.03. The van der Waals surface area contributed by atoms with Crippen LogP contribution in [0.15, 0.2) is 44.2 Å². The predicted molar refractivity (Wildman–Crippen MR) is 113 cm³/mol. The first-order valence-corrected chi connectivity index (χ1v) is 10.4. The van der Waals surface area contributed by atoms with Crippen LogP contribution in [-0.4, -0.2) is 81.2 Å². The molecule has 11 nitrogen and oxygen atoms in total. The summed E-state index contributed by atoms with van der Waals surface area (Å²) in [7, 11) is 0. The standard InChI is InChI=1S/C22H26O11/c1-22(2,33-21-17(28)16(27)15(26)12(8-23)31-21)13(24)9-30-20-18-11(5-6-29-18)7-10-3-4-14(25)32-19(10)20/h3-7,12-13,15-17,21,23-24,26-28H,8-9H2,1-2H3/t12-,13-,15-,16+,17-,21-/m1/s1. The zero-order valence-corrected chi connectivity index (χ0v) is 18.0. The summed E-state index contributed by atoms with van der Waals surface area (Å²) < 4.78 is 27.6. The lowest BCUT2D eigenvalue weighted by atomic mass is 9.98. The number of hydrogen-bond acceptors (Lipinski definition) is 11. The van der Waals surface area contributed by atoms with Gasteiger partial charge in [0, 0.05) is 16.8 Å². The molecule has 6 atom stereocenters. The number of aliphatic hydroxyl groups is 5. The molecule has 0 saturated carbocycles. The Morgan fingerprint density at radius 3 is 2.52 bits per heavy atom. The maximum Gasteiger partial charge on any atom is 0.336 e. The van der Waals surface area contributed by atoms with Gasteiger partial charge < -0.3 is 48.6 Å². The zero-order chi connectivity index (χ0) is 23.9. The van der Waals surface area contributed by atoms with Gasteiger partial charge in [-0.15, -0.1) is 0 Å². The van der Waals surface area contributed by atoms with Crippen molar-refractivity contribution in [2.24, 2.45) is 0 Å². The molecule has 2 aromatic heterocycles. The van der Waals surface area contributed by atoms with Gasteiger partial charge in [0.2, 0.25) is 5.75 Å². The van der Waals surface area contributed by atoms with Gasteiger partial charge in [0.05, 0.1) is 18.5 Å². The molecule has 1 fully saturated rings. The van der Waals surface area contributed by atoms with Gasteiger partial charge in [-0.1, -0.05) is 0 Å². The van der Waals surface area contributed by atoms with E-state index in [9.17, 15) is 30.3 Å². The van der Waals surface area contributed by atoms with Crippen LogP contribution >= 0.6 is 0 Å². The number of ether oxygens (including phenoxy) is 3. The molecular weight excluding hydrogens is 440 g/mol. The van der Waals surface area contributed by atoms with Crippen molar-refractivity contribution < 1.29 is 48.6 Å². The van der Waals surface area contributed by atoms with Crippen LogP contribution in [-0.2, 0) is 9.47 Å². The summed E-state index contributed by atoms with van der Waals surface area (Å²) in [4.78, 5) is 11.7. The zero-order valence-electron chi connectivity index (χ0n) is 18.0. The summed E-state index contributed by atoms with van der Waals surface area (Å²) in [5.74, 6) is 0.132. The SMILES string of the molecule is CC(C)(O[C@H]1O[C@H](CO)[C@@H](O)[C@H](O)[C@H]1O)[C@H](O)COc1c2occc2cc2ccc(=O)oc12.